The van der Waals surface area contributed by atoms with Gasteiger partial charge in [-0.3, -0.25) is 4.79 Å². The average Bonchev–Trinajstić information content (AvgIpc) is 3.31. The molecule has 5 rings (SSSR count). The lowest BCUT2D eigenvalue weighted by molar-refractivity contribution is -0.124. The van der Waals surface area contributed by atoms with E-state index in [1.54, 1.807) is 4.68 Å². The minimum Gasteiger partial charge on any atom is -0.366 e. The fraction of sp³-hybridized carbons (Fsp3) is 0.308. The Labute approximate surface area is 198 Å². The summed E-state index contributed by atoms with van der Waals surface area (Å²) in [7, 11) is 0. The summed E-state index contributed by atoms with van der Waals surface area (Å²) >= 11 is 0. The Morgan fingerprint density at radius 3 is 2.76 bits per heavy atom. The zero-order chi connectivity index (χ0) is 23.5. The van der Waals surface area contributed by atoms with Gasteiger partial charge in [0.05, 0.1) is 17.4 Å². The fourth-order valence-corrected chi connectivity index (χ4v) is 4.16. The highest BCUT2D eigenvalue weighted by Gasteiger charge is 2.20. The summed E-state index contributed by atoms with van der Waals surface area (Å²) in [4.78, 5) is 21.8. The Balaban J connectivity index is 1.49. The van der Waals surface area contributed by atoms with Gasteiger partial charge >= 0.3 is 0 Å². The Hall–Kier alpha value is -3.78. The van der Waals surface area contributed by atoms with Crippen molar-refractivity contribution in [1.29, 1.82) is 0 Å². The lowest BCUT2D eigenvalue weighted by atomic mass is 10.1. The van der Waals surface area contributed by atoms with Crippen LogP contribution >= 0.6 is 0 Å². The topological polar surface area (TPSA) is 96.8 Å². The maximum absolute atomic E-state index is 12.1. The number of carbonyl (C=O) groups excluding carboxylic acids is 1. The molecule has 174 valence electrons. The third kappa shape index (κ3) is 4.49. The van der Waals surface area contributed by atoms with Gasteiger partial charge in [-0.25, -0.2) is 4.98 Å². The number of anilines is 1. The third-order valence-electron chi connectivity index (χ3n) is 6.09. The predicted octanol–water partition coefficient (Wildman–Crippen LogP) is 3.35. The van der Waals surface area contributed by atoms with E-state index in [2.05, 4.69) is 33.2 Å². The van der Waals surface area contributed by atoms with E-state index in [0.717, 1.165) is 53.1 Å². The number of nitrogens with one attached hydrogen (secondary N) is 3. The molecule has 1 amide bonds. The molecule has 2 aromatic heterocycles. The quantitative estimate of drug-likeness (QED) is 0.396. The Kier molecular flexibility index (Phi) is 6.22. The first-order valence-electron chi connectivity index (χ1n) is 11.7. The molecule has 0 saturated heterocycles. The molecule has 1 aliphatic heterocycles. The van der Waals surface area contributed by atoms with Crippen molar-refractivity contribution in [2.75, 3.05) is 11.9 Å². The number of hydrogen-bond donors (Lipinski definition) is 3. The number of amides is 1. The maximum Gasteiger partial charge on any atom is 0.253 e. The molecule has 8 heteroatoms. The second-order valence-electron chi connectivity index (χ2n) is 8.84. The van der Waals surface area contributed by atoms with Gasteiger partial charge in [0, 0.05) is 49.5 Å². The first kappa shape index (κ1) is 22.0. The Morgan fingerprint density at radius 1 is 1.09 bits per heavy atom. The van der Waals surface area contributed by atoms with E-state index in [9.17, 15) is 4.79 Å². The largest absolute Gasteiger partial charge is 0.366 e. The molecule has 3 heterocycles. The Bertz CT molecular complexity index is 1310. The van der Waals surface area contributed by atoms with Crippen LogP contribution in [0.5, 0.6) is 0 Å². The lowest BCUT2D eigenvalue weighted by Gasteiger charge is -2.21. The van der Waals surface area contributed by atoms with E-state index in [0.29, 0.717) is 19.0 Å². The number of benzene rings is 2. The zero-order valence-corrected chi connectivity index (χ0v) is 19.5. The van der Waals surface area contributed by atoms with Crippen LogP contribution in [-0.2, 0) is 30.8 Å². The average molecular weight is 456 g/mol. The van der Waals surface area contributed by atoms with E-state index in [1.165, 1.54) is 5.56 Å². The molecule has 0 fully saturated rings. The number of carbonyl (C=O) groups is 1. The van der Waals surface area contributed by atoms with Gasteiger partial charge in [0.25, 0.3) is 5.95 Å². The highest BCUT2D eigenvalue weighted by atomic mass is 16.1. The molecule has 0 bridgehead atoms. The van der Waals surface area contributed by atoms with Crippen LogP contribution in [0.3, 0.4) is 0 Å². The van der Waals surface area contributed by atoms with Gasteiger partial charge in [-0.2, -0.15) is 14.8 Å². The molecule has 2 aromatic carbocycles. The van der Waals surface area contributed by atoms with Crippen molar-refractivity contribution in [3.8, 4) is 5.95 Å². The molecule has 0 aliphatic carbocycles. The number of aromatic nitrogens is 4. The minimum absolute atomic E-state index is 0.0326. The van der Waals surface area contributed by atoms with Gasteiger partial charge in [-0.05, 0) is 17.2 Å². The molecule has 0 atom stereocenters. The summed E-state index contributed by atoms with van der Waals surface area (Å²) in [5.41, 5.74) is 5.28. The molecule has 1 aliphatic rings. The van der Waals surface area contributed by atoms with Crippen molar-refractivity contribution in [3.05, 3.63) is 77.1 Å². The second-order valence-corrected chi connectivity index (χ2v) is 8.84. The first-order chi connectivity index (χ1) is 16.6. The number of nitrogens with zero attached hydrogens (tertiary/aromatic N) is 4. The van der Waals surface area contributed by atoms with Crippen LogP contribution in [0, 0.1) is 5.92 Å². The second kappa shape index (κ2) is 9.61. The zero-order valence-electron chi connectivity index (χ0n) is 19.5. The normalized spacial score (nSPS) is 13.1. The summed E-state index contributed by atoms with van der Waals surface area (Å²) < 4.78 is 1.79. The van der Waals surface area contributed by atoms with Crippen LogP contribution < -0.4 is 16.0 Å². The number of rotatable bonds is 7. The summed E-state index contributed by atoms with van der Waals surface area (Å²) in [6.07, 6.45) is 2.67. The van der Waals surface area contributed by atoms with Gasteiger partial charge in [0.1, 0.15) is 5.82 Å². The van der Waals surface area contributed by atoms with Crippen LogP contribution in [0.2, 0.25) is 0 Å². The van der Waals surface area contributed by atoms with Gasteiger partial charge < -0.3 is 16.0 Å². The van der Waals surface area contributed by atoms with Crippen molar-refractivity contribution >= 4 is 22.6 Å². The molecular formula is C26H29N7O. The molecule has 34 heavy (non-hydrogen) atoms. The highest BCUT2D eigenvalue weighted by Crippen LogP contribution is 2.25. The molecule has 0 radical (unpaired) electrons. The lowest BCUT2D eigenvalue weighted by Crippen LogP contribution is -2.27. The van der Waals surface area contributed by atoms with Gasteiger partial charge in [-0.1, -0.05) is 56.3 Å². The van der Waals surface area contributed by atoms with Crippen molar-refractivity contribution in [3.63, 3.8) is 0 Å². The van der Waals surface area contributed by atoms with Gasteiger partial charge in [0.15, 0.2) is 0 Å². The first-order valence-corrected chi connectivity index (χ1v) is 11.7. The smallest absolute Gasteiger partial charge is 0.253 e. The summed E-state index contributed by atoms with van der Waals surface area (Å²) in [6.45, 7) is 6.55. The highest BCUT2D eigenvalue weighted by molar-refractivity contribution is 5.84. The SMILES string of the molecule is CC(C)C(=O)NCc1cccc2c1cnn2-c1nc2c(c(NCc3ccccc3)n1)CNCC2. The molecule has 0 spiro atoms. The molecule has 0 saturated carbocycles. The van der Waals surface area contributed by atoms with E-state index in [-0.39, 0.29) is 11.8 Å². The monoisotopic (exact) mass is 455 g/mol. The van der Waals surface area contributed by atoms with E-state index < -0.39 is 0 Å². The van der Waals surface area contributed by atoms with Crippen LogP contribution in [0.1, 0.15) is 36.2 Å². The molecule has 8 nitrogen and oxygen atoms in total. The van der Waals surface area contributed by atoms with Crippen LogP contribution in [0.15, 0.2) is 54.7 Å². The van der Waals surface area contributed by atoms with Crippen molar-refractivity contribution in [2.45, 2.75) is 39.9 Å². The van der Waals surface area contributed by atoms with Gasteiger partial charge in [-0.15, -0.1) is 0 Å². The summed E-state index contributed by atoms with van der Waals surface area (Å²) in [5, 5.41) is 15.5. The standard InChI is InChI=1S/C26H29N7O/c1-17(2)25(34)29-14-19-9-6-10-23-20(19)16-30-33(23)26-31-22-11-12-27-15-21(22)24(32-26)28-13-18-7-4-3-5-8-18/h3-10,16-17,27H,11-15H2,1-2H3,(H,29,34)(H,28,31,32). The van der Waals surface area contributed by atoms with Crippen molar-refractivity contribution in [2.24, 2.45) is 5.92 Å². The summed E-state index contributed by atoms with van der Waals surface area (Å²) in [5.74, 6) is 1.36. The van der Waals surface area contributed by atoms with E-state index >= 15 is 0 Å². The third-order valence-corrected chi connectivity index (χ3v) is 6.09. The van der Waals surface area contributed by atoms with E-state index in [1.807, 2.05) is 56.4 Å². The predicted molar refractivity (Wildman–Crippen MR) is 133 cm³/mol. The fourth-order valence-electron chi connectivity index (χ4n) is 4.16. The summed E-state index contributed by atoms with van der Waals surface area (Å²) in [6, 6.07) is 16.3. The number of hydrogen-bond acceptors (Lipinski definition) is 6. The number of fused-ring (bicyclic) bond motifs is 2. The van der Waals surface area contributed by atoms with E-state index in [4.69, 9.17) is 9.97 Å². The molecule has 4 aromatic rings. The Morgan fingerprint density at radius 2 is 1.94 bits per heavy atom. The van der Waals surface area contributed by atoms with Crippen molar-refractivity contribution in [1.82, 2.24) is 30.4 Å². The van der Waals surface area contributed by atoms with Crippen LogP contribution in [-0.4, -0.2) is 32.2 Å². The molecular weight excluding hydrogens is 426 g/mol. The molecule has 3 N–H and O–H groups in total. The van der Waals surface area contributed by atoms with Crippen molar-refractivity contribution < 1.29 is 4.79 Å². The van der Waals surface area contributed by atoms with Crippen LogP contribution in [0.4, 0.5) is 5.82 Å². The molecule has 0 unspecified atom stereocenters. The minimum atomic E-state index is -0.0536. The maximum atomic E-state index is 12.1. The van der Waals surface area contributed by atoms with Crippen LogP contribution in [0.25, 0.3) is 16.9 Å². The van der Waals surface area contributed by atoms with Gasteiger partial charge in [0.2, 0.25) is 5.91 Å².